The summed E-state index contributed by atoms with van der Waals surface area (Å²) in [5, 5.41) is 2.38. The molecule has 0 saturated carbocycles. The molecular formula is C20H29NO32S8. The molecule has 1 aromatic carbocycles. The summed E-state index contributed by atoms with van der Waals surface area (Å²) < 4.78 is 278. The third-order valence-electron chi connectivity index (χ3n) is 6.83. The lowest BCUT2D eigenvalue weighted by molar-refractivity contribution is -0.325. The summed E-state index contributed by atoms with van der Waals surface area (Å²) in [5.41, 5.74) is -2.03. The second-order valence-electron chi connectivity index (χ2n) is 11.4. The van der Waals surface area contributed by atoms with E-state index in [0.717, 1.165) is 6.92 Å². The molecule has 2 aliphatic heterocycles. The first-order valence-electron chi connectivity index (χ1n) is 14.9. The molecule has 0 bridgehead atoms. The Morgan fingerprint density at radius 2 is 0.918 bits per heavy atom. The quantitative estimate of drug-likeness (QED) is 0.0547. The van der Waals surface area contributed by atoms with Gasteiger partial charge in [-0.3, -0.25) is 36.7 Å². The molecule has 61 heavy (non-hydrogen) atoms. The van der Waals surface area contributed by atoms with Gasteiger partial charge in [0.2, 0.25) is 5.91 Å². The van der Waals surface area contributed by atoms with Crippen molar-refractivity contribution < 1.29 is 139 Å². The van der Waals surface area contributed by atoms with Crippen molar-refractivity contribution in [2.45, 2.75) is 72.4 Å². The molecule has 2 aliphatic rings. The van der Waals surface area contributed by atoms with Gasteiger partial charge in [-0.1, -0.05) is 11.8 Å². The maximum Gasteiger partial charge on any atom is 0.397 e. The summed E-state index contributed by atoms with van der Waals surface area (Å²) in [6.07, 6.45) is -26.7. The summed E-state index contributed by atoms with van der Waals surface area (Å²) >= 11 is 0.294. The van der Waals surface area contributed by atoms with Crippen molar-refractivity contribution in [2.24, 2.45) is 0 Å². The zero-order chi connectivity index (χ0) is 46.7. The molecule has 0 aliphatic carbocycles. The highest BCUT2D eigenvalue weighted by atomic mass is 32.3. The van der Waals surface area contributed by atoms with Gasteiger partial charge >= 0.3 is 72.8 Å². The van der Waals surface area contributed by atoms with E-state index in [9.17, 15) is 91.0 Å². The number of amides is 1. The number of hydrogen-bond acceptors (Lipinski definition) is 26. The number of carbonyl (C=O) groups is 1. The van der Waals surface area contributed by atoms with E-state index >= 15 is 0 Å². The van der Waals surface area contributed by atoms with Gasteiger partial charge in [-0.25, -0.2) is 29.3 Å². The Hall–Kier alpha value is -1.99. The van der Waals surface area contributed by atoms with Crippen LogP contribution >= 0.6 is 11.8 Å². The van der Waals surface area contributed by atoms with Gasteiger partial charge < -0.3 is 19.5 Å². The van der Waals surface area contributed by atoms with Crippen LogP contribution in [-0.2, 0) is 121 Å². The lowest BCUT2D eigenvalue weighted by Crippen LogP contribution is -2.66. The predicted molar refractivity (Wildman–Crippen MR) is 186 cm³/mol. The van der Waals surface area contributed by atoms with Crippen LogP contribution in [0.25, 0.3) is 0 Å². The van der Waals surface area contributed by atoms with Gasteiger partial charge in [0.15, 0.2) is 12.4 Å². The number of hydrogen-bond donors (Lipinski definition) is 8. The molecule has 0 aromatic heterocycles. The van der Waals surface area contributed by atoms with Crippen LogP contribution in [0.4, 0.5) is 5.69 Å². The van der Waals surface area contributed by atoms with Crippen molar-refractivity contribution in [1.29, 1.82) is 0 Å². The molecule has 1 aromatic rings. The van der Waals surface area contributed by atoms with Crippen LogP contribution in [0.15, 0.2) is 29.2 Å². The summed E-state index contributed by atoms with van der Waals surface area (Å²) in [6, 6.07) is 4.81. The molecule has 33 nitrogen and oxygen atoms in total. The lowest BCUT2D eigenvalue weighted by atomic mass is 9.97. The van der Waals surface area contributed by atoms with Crippen LogP contribution in [0.3, 0.4) is 0 Å². The maximum atomic E-state index is 12.2. The van der Waals surface area contributed by atoms with Crippen molar-refractivity contribution >= 4 is 96.1 Å². The molecule has 8 N–H and O–H groups in total. The molecule has 3 rings (SSSR count). The van der Waals surface area contributed by atoms with E-state index in [-0.39, 0.29) is 10.6 Å². The molecule has 10 atom stereocenters. The average molecular weight is 1050 g/mol. The van der Waals surface area contributed by atoms with Crippen molar-refractivity contribution in [1.82, 2.24) is 0 Å². The summed E-state index contributed by atoms with van der Waals surface area (Å²) in [4.78, 5) is 11.4. The van der Waals surface area contributed by atoms with Crippen LogP contribution in [0.5, 0.6) is 0 Å². The molecule has 0 unspecified atom stereocenters. The fourth-order valence-electron chi connectivity index (χ4n) is 5.05. The molecule has 0 radical (unpaired) electrons. The summed E-state index contributed by atoms with van der Waals surface area (Å²) in [7, 11) is -41.4. The lowest BCUT2D eigenvalue weighted by Gasteiger charge is -2.48. The van der Waals surface area contributed by atoms with Gasteiger partial charge in [0, 0.05) is 17.5 Å². The zero-order valence-electron chi connectivity index (χ0n) is 29.1. The first-order chi connectivity index (χ1) is 27.4. The van der Waals surface area contributed by atoms with E-state index < -0.39 is 152 Å². The van der Waals surface area contributed by atoms with Crippen molar-refractivity contribution in [2.75, 3.05) is 18.5 Å². The van der Waals surface area contributed by atoms with E-state index in [1.807, 2.05) is 0 Å². The van der Waals surface area contributed by atoms with E-state index in [1.165, 1.54) is 24.3 Å². The number of ether oxygens (including phenoxy) is 3. The highest BCUT2D eigenvalue weighted by molar-refractivity contribution is 7.99. The largest absolute Gasteiger partial charge is 0.397 e. The fourth-order valence-corrected chi connectivity index (χ4v) is 9.33. The highest BCUT2D eigenvalue weighted by Gasteiger charge is 2.58. The van der Waals surface area contributed by atoms with Gasteiger partial charge in [-0.05, 0) is 24.3 Å². The Morgan fingerprint density at radius 3 is 1.33 bits per heavy atom. The zero-order valence-corrected chi connectivity index (χ0v) is 35.6. The molecule has 354 valence electrons. The first kappa shape index (κ1) is 53.3. The van der Waals surface area contributed by atoms with Crippen molar-refractivity contribution in [3.8, 4) is 0 Å². The van der Waals surface area contributed by atoms with Gasteiger partial charge in [0.1, 0.15) is 48.2 Å². The number of anilines is 1. The number of thioether (sulfide) groups is 1. The Bertz CT molecular complexity index is 2510. The number of carbonyl (C=O) groups excluding carboxylic acids is 1. The van der Waals surface area contributed by atoms with Crippen LogP contribution in [0.1, 0.15) is 6.92 Å². The fraction of sp³-hybridized carbons (Fsp3) is 0.650. The smallest absolute Gasteiger partial charge is 0.356 e. The Kier molecular flexibility index (Phi) is 17.5. The van der Waals surface area contributed by atoms with Crippen molar-refractivity contribution in [3.05, 3.63) is 24.3 Å². The standard InChI is InChI=1S/C20H29NO32S8/c1-8(22)21-9-2-4-10(5-3-9)54-20-18(53-61(41,42)43)15(50-58(32,33)34)13(11(47-20)6-44-55(23,24)25)48-19-17(52-60(38,39)40)16(51-59(35,36)37)14(49-57(29,30)31)12(46-19)7-45-56(26,27)28/h2-5,11-20H,6-7H2,1H3,(H,21,22)(H,23,24,25)(H,26,27,28)(H,29,30,31)(H,32,33,34)(H,35,36,37)(H,38,39,40)(H,41,42,43)/t11-,12-,13-,14-,15+,16+,17-,18-,19-,20+/m1/s1. The topological polar surface area (TPSA) is 502 Å². The normalized spacial score (nSPS) is 28.6. The molecule has 2 saturated heterocycles. The number of benzene rings is 1. The monoisotopic (exact) mass is 1050 g/mol. The van der Waals surface area contributed by atoms with Gasteiger partial charge in [0.05, 0.1) is 13.2 Å². The van der Waals surface area contributed by atoms with E-state index in [1.54, 1.807) is 0 Å². The molecule has 2 fully saturated rings. The summed E-state index contributed by atoms with van der Waals surface area (Å²) in [6.45, 7) is -2.38. The summed E-state index contributed by atoms with van der Waals surface area (Å²) in [5.74, 6) is -0.545. The predicted octanol–water partition coefficient (Wildman–Crippen LogP) is -3.85. The first-order valence-corrected chi connectivity index (χ1v) is 25.3. The Balaban J connectivity index is 2.34. The minimum absolute atomic E-state index is 0.0450. The van der Waals surface area contributed by atoms with E-state index in [0.29, 0.717) is 11.8 Å². The van der Waals surface area contributed by atoms with Gasteiger partial charge in [0.25, 0.3) is 0 Å². The second-order valence-corrected chi connectivity index (χ2v) is 20.0. The third-order valence-corrected chi connectivity index (χ3v) is 11.2. The van der Waals surface area contributed by atoms with Gasteiger partial charge in [-0.2, -0.15) is 58.9 Å². The second kappa shape index (κ2) is 20.0. The Morgan fingerprint density at radius 1 is 0.541 bits per heavy atom. The molecule has 0 spiro atoms. The maximum absolute atomic E-state index is 12.2. The SMILES string of the molecule is CC(=O)Nc1ccc(S[C@@H]2O[C@H](COS(=O)(=O)O)[C@@H](O[C@H]3O[C@H](COS(=O)(=O)O)[C@@H](OS(=O)(=O)O)[C@H](OS(=O)(=O)O)[C@H]3OS(=O)(=O)O)[C@H](OS(=O)(=O)O)[C@H]2OS(=O)(=O)O)cc1. The Labute approximate surface area is 348 Å². The minimum atomic E-state index is -6.13. The van der Waals surface area contributed by atoms with Crippen molar-refractivity contribution in [3.63, 3.8) is 0 Å². The van der Waals surface area contributed by atoms with Crippen LogP contribution in [0.2, 0.25) is 0 Å². The van der Waals surface area contributed by atoms with Crippen LogP contribution < -0.4 is 5.32 Å². The molecule has 41 heteroatoms. The highest BCUT2D eigenvalue weighted by Crippen LogP contribution is 2.41. The van der Waals surface area contributed by atoms with E-state index in [4.69, 9.17) is 18.8 Å². The van der Waals surface area contributed by atoms with Gasteiger partial charge in [-0.15, -0.1) is 0 Å². The minimum Gasteiger partial charge on any atom is -0.356 e. The van der Waals surface area contributed by atoms with Crippen LogP contribution in [0, 0.1) is 0 Å². The number of nitrogens with one attached hydrogen (secondary N) is 1. The van der Waals surface area contributed by atoms with Crippen LogP contribution in [-0.4, -0.2) is 170 Å². The average Bonchev–Trinajstić information content (AvgIpc) is 3.01. The molecule has 1 amide bonds. The third kappa shape index (κ3) is 19.3. The molecule has 2 heterocycles. The molecular weight excluding hydrogens is 1020 g/mol. The number of rotatable bonds is 21. The van der Waals surface area contributed by atoms with E-state index in [2.05, 4.69) is 34.6 Å².